The summed E-state index contributed by atoms with van der Waals surface area (Å²) < 4.78 is 0. The average molecular weight is 319 g/mol. The summed E-state index contributed by atoms with van der Waals surface area (Å²) in [6.07, 6.45) is 5.47. The van der Waals surface area contributed by atoms with Gasteiger partial charge >= 0.3 is 0 Å². The Morgan fingerprint density at radius 1 is 0.783 bits per heavy atom. The molecule has 0 fully saturated rings. The fraction of sp³-hybridized carbons (Fsp3) is 0.190. The molecule has 2 heteroatoms. The number of nitrogens with zero attached hydrogens (tertiary/aromatic N) is 1. The van der Waals surface area contributed by atoms with Crippen molar-refractivity contribution in [2.45, 2.75) is 26.2 Å². The minimum atomic E-state index is -0.594. The molecule has 0 unspecified atom stereocenters. The number of hydrogen-bond donors (Lipinski definition) is 0. The van der Waals surface area contributed by atoms with Crippen molar-refractivity contribution in [2.24, 2.45) is 0 Å². The van der Waals surface area contributed by atoms with Crippen LogP contribution >= 0.6 is 7.92 Å². The van der Waals surface area contributed by atoms with Crippen molar-refractivity contribution < 1.29 is 0 Å². The number of unbranched alkanes of at least 4 members (excludes halogenated alkanes) is 1. The monoisotopic (exact) mass is 319 g/mol. The second-order valence-electron chi connectivity index (χ2n) is 5.60. The van der Waals surface area contributed by atoms with Crippen molar-refractivity contribution in [3.63, 3.8) is 0 Å². The maximum Gasteiger partial charge on any atom is 0.0752 e. The number of aryl methyl sites for hydroxylation is 1. The Labute approximate surface area is 140 Å². The summed E-state index contributed by atoms with van der Waals surface area (Å²) in [4.78, 5) is 4.81. The van der Waals surface area contributed by atoms with Crippen LogP contribution in [0.5, 0.6) is 0 Å². The predicted molar refractivity (Wildman–Crippen MR) is 102 cm³/mol. The first-order chi connectivity index (χ1) is 11.4. The topological polar surface area (TPSA) is 12.9 Å². The van der Waals surface area contributed by atoms with Crippen LogP contribution < -0.4 is 16.0 Å². The number of benzene rings is 2. The molecule has 23 heavy (non-hydrogen) atoms. The molecule has 3 rings (SSSR count). The van der Waals surface area contributed by atoms with Crippen molar-refractivity contribution in [3.05, 3.63) is 84.6 Å². The van der Waals surface area contributed by atoms with Crippen LogP contribution in [0.3, 0.4) is 0 Å². The van der Waals surface area contributed by atoms with Crippen LogP contribution in [0.1, 0.15) is 25.3 Å². The largest absolute Gasteiger partial charge is 0.256 e. The summed E-state index contributed by atoms with van der Waals surface area (Å²) in [6, 6.07) is 25.9. The molecule has 0 aliphatic rings. The number of pyridine rings is 1. The molecule has 0 atom stereocenters. The number of hydrogen-bond acceptors (Lipinski definition) is 1. The molecule has 0 aliphatic heterocycles. The Morgan fingerprint density at radius 3 is 1.96 bits per heavy atom. The Bertz CT molecular complexity index is 686. The zero-order chi connectivity index (χ0) is 15.9. The van der Waals surface area contributed by atoms with Crippen LogP contribution in [0, 0.1) is 0 Å². The van der Waals surface area contributed by atoms with E-state index in [9.17, 15) is 0 Å². The molecule has 0 bridgehead atoms. The van der Waals surface area contributed by atoms with Crippen molar-refractivity contribution in [2.75, 3.05) is 0 Å². The lowest BCUT2D eigenvalue weighted by Crippen LogP contribution is -2.25. The average Bonchev–Trinajstić information content (AvgIpc) is 2.63. The summed E-state index contributed by atoms with van der Waals surface area (Å²) in [5.41, 5.74) is 2.65. The van der Waals surface area contributed by atoms with Crippen LogP contribution in [-0.4, -0.2) is 4.98 Å². The molecule has 1 nitrogen and oxygen atoms in total. The third kappa shape index (κ3) is 3.86. The molecule has 0 N–H and O–H groups in total. The Hall–Kier alpha value is -1.98. The van der Waals surface area contributed by atoms with E-state index < -0.39 is 7.92 Å². The third-order valence-electron chi connectivity index (χ3n) is 3.91. The van der Waals surface area contributed by atoms with Gasteiger partial charge in [-0.2, -0.15) is 0 Å². The number of aromatic nitrogens is 1. The normalized spacial score (nSPS) is 10.9. The molecule has 116 valence electrons. The molecule has 0 saturated carbocycles. The fourth-order valence-electron chi connectivity index (χ4n) is 2.74. The lowest BCUT2D eigenvalue weighted by atomic mass is 10.1. The summed E-state index contributed by atoms with van der Waals surface area (Å²) in [7, 11) is -0.594. The highest BCUT2D eigenvalue weighted by Crippen LogP contribution is 2.33. The van der Waals surface area contributed by atoms with Crippen molar-refractivity contribution in [1.29, 1.82) is 0 Å². The van der Waals surface area contributed by atoms with Gasteiger partial charge in [-0.05, 0) is 35.1 Å². The SMILES string of the molecule is CCCCc1cccnc1P(c1ccccc1)c1ccccc1. The third-order valence-corrected chi connectivity index (χ3v) is 6.36. The van der Waals surface area contributed by atoms with E-state index in [4.69, 9.17) is 4.98 Å². The molecule has 1 aromatic heterocycles. The molecular weight excluding hydrogens is 297 g/mol. The van der Waals surface area contributed by atoms with Gasteiger partial charge in [-0.25, -0.2) is 0 Å². The molecule has 0 aliphatic carbocycles. The highest BCUT2D eigenvalue weighted by atomic mass is 31.1. The summed E-state index contributed by atoms with van der Waals surface area (Å²) >= 11 is 0. The molecule has 0 radical (unpaired) electrons. The minimum Gasteiger partial charge on any atom is -0.256 e. The van der Waals surface area contributed by atoms with Gasteiger partial charge in [-0.1, -0.05) is 80.1 Å². The first-order valence-corrected chi connectivity index (χ1v) is 9.58. The van der Waals surface area contributed by atoms with Crippen LogP contribution in [-0.2, 0) is 6.42 Å². The second-order valence-corrected chi connectivity index (χ2v) is 7.72. The van der Waals surface area contributed by atoms with Gasteiger partial charge < -0.3 is 0 Å². The first kappa shape index (κ1) is 15.9. The van der Waals surface area contributed by atoms with Crippen LogP contribution in [0.15, 0.2) is 79.0 Å². The van der Waals surface area contributed by atoms with Gasteiger partial charge in [0.05, 0.1) is 5.44 Å². The zero-order valence-corrected chi connectivity index (χ0v) is 14.4. The van der Waals surface area contributed by atoms with Gasteiger partial charge in [0.1, 0.15) is 0 Å². The van der Waals surface area contributed by atoms with E-state index in [1.165, 1.54) is 34.4 Å². The van der Waals surface area contributed by atoms with Crippen LogP contribution in [0.4, 0.5) is 0 Å². The summed E-state index contributed by atoms with van der Waals surface area (Å²) in [5, 5.41) is 2.73. The fourth-order valence-corrected chi connectivity index (χ4v) is 5.13. The molecule has 3 aromatic rings. The van der Waals surface area contributed by atoms with Gasteiger partial charge in [0, 0.05) is 14.1 Å². The van der Waals surface area contributed by atoms with E-state index in [1.54, 1.807) is 0 Å². The lowest BCUT2D eigenvalue weighted by molar-refractivity contribution is 0.796. The van der Waals surface area contributed by atoms with Crippen LogP contribution in [0.25, 0.3) is 0 Å². The quantitative estimate of drug-likeness (QED) is 0.621. The molecule has 0 amide bonds. The number of rotatable bonds is 6. The second kappa shape index (κ2) is 8.04. The smallest absolute Gasteiger partial charge is 0.0752 e. The van der Waals surface area contributed by atoms with Gasteiger partial charge in [-0.15, -0.1) is 0 Å². The summed E-state index contributed by atoms with van der Waals surface area (Å²) in [6.45, 7) is 2.24. The van der Waals surface area contributed by atoms with Gasteiger partial charge in [-0.3, -0.25) is 4.98 Å². The molecule has 0 spiro atoms. The first-order valence-electron chi connectivity index (χ1n) is 8.24. The van der Waals surface area contributed by atoms with Gasteiger partial charge in [0.25, 0.3) is 0 Å². The van der Waals surface area contributed by atoms with Gasteiger partial charge in [0.2, 0.25) is 0 Å². The van der Waals surface area contributed by atoms with Crippen molar-refractivity contribution >= 4 is 24.0 Å². The Balaban J connectivity index is 2.10. The van der Waals surface area contributed by atoms with E-state index >= 15 is 0 Å². The highest BCUT2D eigenvalue weighted by molar-refractivity contribution is 7.79. The summed E-state index contributed by atoms with van der Waals surface area (Å²) in [5.74, 6) is 0. The van der Waals surface area contributed by atoms with Crippen LogP contribution in [0.2, 0.25) is 0 Å². The molecule has 2 aromatic carbocycles. The Morgan fingerprint density at radius 2 is 1.39 bits per heavy atom. The van der Waals surface area contributed by atoms with E-state index in [1.807, 2.05) is 6.20 Å². The minimum absolute atomic E-state index is 0.594. The van der Waals surface area contributed by atoms with E-state index in [2.05, 4.69) is 79.7 Å². The van der Waals surface area contributed by atoms with E-state index in [-0.39, 0.29) is 0 Å². The maximum absolute atomic E-state index is 4.81. The molecular formula is C21H22NP. The Kier molecular flexibility index (Phi) is 5.56. The lowest BCUT2D eigenvalue weighted by Gasteiger charge is -2.21. The standard InChI is InChI=1S/C21H22NP/c1-2-3-11-18-12-10-17-22-21(18)23(19-13-6-4-7-14-19)20-15-8-5-9-16-20/h4-10,12-17H,2-3,11H2,1H3. The van der Waals surface area contributed by atoms with Crippen molar-refractivity contribution in [3.8, 4) is 0 Å². The van der Waals surface area contributed by atoms with Gasteiger partial charge in [0.15, 0.2) is 0 Å². The highest BCUT2D eigenvalue weighted by Gasteiger charge is 2.20. The van der Waals surface area contributed by atoms with E-state index in [0.717, 1.165) is 6.42 Å². The molecule has 0 saturated heterocycles. The van der Waals surface area contributed by atoms with E-state index in [0.29, 0.717) is 0 Å². The predicted octanol–water partition coefficient (Wildman–Crippen LogP) is 4.18. The van der Waals surface area contributed by atoms with Crippen molar-refractivity contribution in [1.82, 2.24) is 4.98 Å². The zero-order valence-electron chi connectivity index (χ0n) is 13.5. The maximum atomic E-state index is 4.81. The molecule has 1 heterocycles.